The van der Waals surface area contributed by atoms with Gasteiger partial charge in [0.05, 0.1) is 13.7 Å². The van der Waals surface area contributed by atoms with Crippen LogP contribution in [0.1, 0.15) is 22.8 Å². The molecule has 1 aromatic heterocycles. The van der Waals surface area contributed by atoms with Gasteiger partial charge in [0.25, 0.3) is 5.91 Å². The fourth-order valence-corrected chi connectivity index (χ4v) is 2.50. The molecule has 0 aliphatic rings. The van der Waals surface area contributed by atoms with E-state index in [2.05, 4.69) is 20.7 Å². The summed E-state index contributed by atoms with van der Waals surface area (Å²) in [5.74, 6) is 1.08. The van der Waals surface area contributed by atoms with Crippen LogP contribution in [0.3, 0.4) is 0 Å². The summed E-state index contributed by atoms with van der Waals surface area (Å²) in [4.78, 5) is 14.0. The highest BCUT2D eigenvalue weighted by Gasteiger charge is 2.10. The van der Waals surface area contributed by atoms with Crippen LogP contribution in [0, 0.1) is 0 Å². The lowest BCUT2D eigenvalue weighted by molar-refractivity contribution is 0.0951. The first-order valence-electron chi connectivity index (χ1n) is 8.60. The number of carbonyl (C=O) groups is 1. The summed E-state index contributed by atoms with van der Waals surface area (Å²) in [6, 6.07) is 14.8. The lowest BCUT2D eigenvalue weighted by Gasteiger charge is -2.07. The van der Waals surface area contributed by atoms with Crippen LogP contribution in [-0.4, -0.2) is 33.2 Å². The van der Waals surface area contributed by atoms with Crippen LogP contribution in [0.15, 0.2) is 60.7 Å². The molecule has 0 atom stereocenters. The van der Waals surface area contributed by atoms with Gasteiger partial charge in [-0.05, 0) is 42.0 Å². The number of hydrogen-bond donors (Lipinski definition) is 1. The fourth-order valence-electron chi connectivity index (χ4n) is 2.50. The molecule has 138 valence electrons. The number of ether oxygens (including phenoxy) is 1. The smallest absolute Gasteiger partial charge is 0.251 e. The molecule has 0 saturated carbocycles. The molecule has 0 bridgehead atoms. The van der Waals surface area contributed by atoms with Gasteiger partial charge in [-0.25, -0.2) is 0 Å². The van der Waals surface area contributed by atoms with E-state index >= 15 is 0 Å². The quantitative estimate of drug-likeness (QED) is 0.653. The van der Waals surface area contributed by atoms with Crippen LogP contribution >= 0.6 is 0 Å². The number of aromatic nitrogens is 4. The number of benzene rings is 2. The topological polar surface area (TPSA) is 81.9 Å². The van der Waals surface area contributed by atoms with Crippen LogP contribution in [0.2, 0.25) is 0 Å². The Labute approximate surface area is 157 Å². The summed E-state index contributed by atoms with van der Waals surface area (Å²) in [6.45, 7) is 2.91. The first-order valence-corrected chi connectivity index (χ1v) is 8.60. The average molecular weight is 363 g/mol. The number of allylic oxidation sites excluding steroid dienone is 2. The monoisotopic (exact) mass is 363 g/mol. The Morgan fingerprint density at radius 1 is 1.22 bits per heavy atom. The SMILES string of the molecule is CC=CCn1nnc(-c2cccc(C(=O)NCc3cccc(OC)c3)c2)n1. The highest BCUT2D eigenvalue weighted by molar-refractivity contribution is 5.95. The summed E-state index contributed by atoms with van der Waals surface area (Å²) >= 11 is 0. The maximum atomic E-state index is 12.5. The third-order valence-electron chi connectivity index (χ3n) is 3.93. The highest BCUT2D eigenvalue weighted by atomic mass is 16.5. The number of carbonyl (C=O) groups excluding carboxylic acids is 1. The zero-order valence-corrected chi connectivity index (χ0v) is 15.3. The molecule has 0 aliphatic carbocycles. The zero-order chi connectivity index (χ0) is 19.1. The van der Waals surface area contributed by atoms with E-state index in [4.69, 9.17) is 4.74 Å². The number of amides is 1. The second-order valence-corrected chi connectivity index (χ2v) is 5.85. The Kier molecular flexibility index (Phi) is 5.94. The van der Waals surface area contributed by atoms with Crippen molar-refractivity contribution in [2.45, 2.75) is 20.0 Å². The predicted molar refractivity (Wildman–Crippen MR) is 102 cm³/mol. The van der Waals surface area contributed by atoms with Gasteiger partial charge in [-0.15, -0.1) is 10.2 Å². The van der Waals surface area contributed by atoms with E-state index in [-0.39, 0.29) is 5.91 Å². The Balaban J connectivity index is 1.69. The number of nitrogens with zero attached hydrogens (tertiary/aromatic N) is 4. The minimum atomic E-state index is -0.166. The molecule has 0 radical (unpaired) electrons. The van der Waals surface area contributed by atoms with Crippen LogP contribution in [0.25, 0.3) is 11.4 Å². The van der Waals surface area contributed by atoms with Crippen molar-refractivity contribution in [3.63, 3.8) is 0 Å². The Hall–Kier alpha value is -3.48. The molecular formula is C20H21N5O2. The van der Waals surface area contributed by atoms with Crippen molar-refractivity contribution in [2.24, 2.45) is 0 Å². The summed E-state index contributed by atoms with van der Waals surface area (Å²) in [5.41, 5.74) is 2.25. The Morgan fingerprint density at radius 3 is 2.89 bits per heavy atom. The molecule has 0 fully saturated rings. The molecule has 0 spiro atoms. The molecule has 0 saturated heterocycles. The van der Waals surface area contributed by atoms with Gasteiger partial charge in [0.2, 0.25) is 5.82 Å². The minimum absolute atomic E-state index is 0.166. The number of methoxy groups -OCH3 is 1. The van der Waals surface area contributed by atoms with E-state index in [1.807, 2.05) is 55.5 Å². The van der Waals surface area contributed by atoms with Gasteiger partial charge in [0.15, 0.2) is 0 Å². The largest absolute Gasteiger partial charge is 0.497 e. The minimum Gasteiger partial charge on any atom is -0.497 e. The lowest BCUT2D eigenvalue weighted by atomic mass is 10.1. The predicted octanol–water partition coefficient (Wildman–Crippen LogP) is 2.85. The van der Waals surface area contributed by atoms with Crippen LogP contribution < -0.4 is 10.1 Å². The summed E-state index contributed by atoms with van der Waals surface area (Å²) in [7, 11) is 1.62. The van der Waals surface area contributed by atoms with E-state index in [0.717, 1.165) is 16.9 Å². The van der Waals surface area contributed by atoms with Crippen molar-refractivity contribution in [1.29, 1.82) is 0 Å². The summed E-state index contributed by atoms with van der Waals surface area (Å²) in [6.07, 6.45) is 3.87. The third-order valence-corrected chi connectivity index (χ3v) is 3.93. The lowest BCUT2D eigenvalue weighted by Crippen LogP contribution is -2.22. The van der Waals surface area contributed by atoms with Gasteiger partial charge in [-0.1, -0.05) is 36.4 Å². The molecule has 1 N–H and O–H groups in total. The van der Waals surface area contributed by atoms with Gasteiger partial charge in [0.1, 0.15) is 5.75 Å². The number of rotatable bonds is 7. The maximum Gasteiger partial charge on any atom is 0.251 e. The maximum absolute atomic E-state index is 12.5. The van der Waals surface area contributed by atoms with Crippen molar-refractivity contribution in [3.05, 3.63) is 71.8 Å². The average Bonchev–Trinajstić information content (AvgIpc) is 3.19. The van der Waals surface area contributed by atoms with Gasteiger partial charge >= 0.3 is 0 Å². The highest BCUT2D eigenvalue weighted by Crippen LogP contribution is 2.16. The first-order chi connectivity index (χ1) is 13.2. The molecule has 0 unspecified atom stereocenters. The number of hydrogen-bond acceptors (Lipinski definition) is 5. The molecule has 1 amide bonds. The normalized spacial score (nSPS) is 10.9. The molecule has 7 heteroatoms. The summed E-state index contributed by atoms with van der Waals surface area (Å²) in [5, 5.41) is 15.3. The van der Waals surface area contributed by atoms with Crippen LogP contribution in [0.4, 0.5) is 0 Å². The molecule has 0 aliphatic heterocycles. The van der Waals surface area contributed by atoms with E-state index in [1.54, 1.807) is 19.2 Å². The molecule has 3 rings (SSSR count). The van der Waals surface area contributed by atoms with Gasteiger partial charge < -0.3 is 10.1 Å². The standard InChI is InChI=1S/C20H21N5O2/c1-3-4-11-25-23-19(22-24-25)16-8-6-9-17(13-16)20(26)21-14-15-7-5-10-18(12-15)27-2/h3-10,12-13H,11,14H2,1-2H3,(H,21,26). The third kappa shape index (κ3) is 4.78. The second kappa shape index (κ2) is 8.75. The van der Waals surface area contributed by atoms with Crippen molar-refractivity contribution >= 4 is 5.91 Å². The van der Waals surface area contributed by atoms with E-state index in [9.17, 15) is 4.79 Å². The Morgan fingerprint density at radius 2 is 2.07 bits per heavy atom. The van der Waals surface area contributed by atoms with Crippen molar-refractivity contribution in [2.75, 3.05) is 7.11 Å². The van der Waals surface area contributed by atoms with Gasteiger partial charge in [-0.2, -0.15) is 4.80 Å². The molecular weight excluding hydrogens is 342 g/mol. The Bertz CT molecular complexity index is 949. The summed E-state index contributed by atoms with van der Waals surface area (Å²) < 4.78 is 5.20. The second-order valence-electron chi connectivity index (χ2n) is 5.85. The van der Waals surface area contributed by atoms with Crippen LogP contribution in [-0.2, 0) is 13.1 Å². The van der Waals surface area contributed by atoms with Crippen molar-refractivity contribution in [3.8, 4) is 17.1 Å². The van der Waals surface area contributed by atoms with E-state index in [0.29, 0.717) is 24.5 Å². The van der Waals surface area contributed by atoms with Crippen molar-refractivity contribution in [1.82, 2.24) is 25.5 Å². The first kappa shape index (κ1) is 18.3. The van der Waals surface area contributed by atoms with E-state index < -0.39 is 0 Å². The molecule has 2 aromatic carbocycles. The molecule has 27 heavy (non-hydrogen) atoms. The zero-order valence-electron chi connectivity index (χ0n) is 15.3. The van der Waals surface area contributed by atoms with Gasteiger partial charge in [-0.3, -0.25) is 4.79 Å². The van der Waals surface area contributed by atoms with Crippen molar-refractivity contribution < 1.29 is 9.53 Å². The molecule has 1 heterocycles. The van der Waals surface area contributed by atoms with Gasteiger partial charge in [0, 0.05) is 17.7 Å². The number of nitrogens with one attached hydrogen (secondary N) is 1. The molecule has 3 aromatic rings. The van der Waals surface area contributed by atoms with E-state index in [1.165, 1.54) is 4.80 Å². The fraction of sp³-hybridized carbons (Fsp3) is 0.200. The number of tetrazole rings is 1. The van der Waals surface area contributed by atoms with Crippen LogP contribution in [0.5, 0.6) is 5.75 Å². The molecule has 7 nitrogen and oxygen atoms in total.